The number of rotatable bonds is 24. The molecule has 15 heteroatoms. The highest BCUT2D eigenvalue weighted by Crippen LogP contribution is 2.62. The molecule has 6 unspecified atom stereocenters. The topological polar surface area (TPSA) is 192 Å². The van der Waals surface area contributed by atoms with E-state index in [4.69, 9.17) is 28.5 Å². The zero-order valence-electron chi connectivity index (χ0n) is 33.2. The Kier molecular flexibility index (Phi) is 16.7. The summed E-state index contributed by atoms with van der Waals surface area (Å²) in [4.78, 5) is 32.3. The molecule has 2 aromatic rings. The van der Waals surface area contributed by atoms with Gasteiger partial charge in [-0.3, -0.25) is 15.0 Å². The van der Waals surface area contributed by atoms with Crippen LogP contribution in [-0.2, 0) is 19.0 Å². The SMILES string of the molecule is C=CCCOC(=O)N(CCOCCO)C1CC(=NOC)C2=CC(CCCCO)C(CCCCO)C3c4cc(Oc5cccc([N+](=O)[O-])c5)ccc4OC1(OCC=C)C23. The molecular formula is C43H57N3O12. The van der Waals surface area contributed by atoms with Crippen LogP contribution in [0.25, 0.3) is 0 Å². The number of nitro groups is 1. The molecule has 1 fully saturated rings. The number of aliphatic hydroxyl groups excluding tert-OH is 3. The van der Waals surface area contributed by atoms with Crippen LogP contribution in [0, 0.1) is 27.9 Å². The van der Waals surface area contributed by atoms with Crippen LogP contribution in [0.15, 0.2) is 84.6 Å². The third-order valence-electron chi connectivity index (χ3n) is 11.0. The lowest BCUT2D eigenvalue weighted by Gasteiger charge is -2.59. The van der Waals surface area contributed by atoms with Gasteiger partial charge in [0.1, 0.15) is 30.4 Å². The number of benzene rings is 2. The number of hydrogen-bond acceptors (Lipinski definition) is 13. The average Bonchev–Trinajstić information content (AvgIpc) is 3.22. The molecule has 0 aromatic heterocycles. The van der Waals surface area contributed by atoms with Gasteiger partial charge in [-0.2, -0.15) is 0 Å². The van der Waals surface area contributed by atoms with E-state index in [0.29, 0.717) is 42.2 Å². The van der Waals surface area contributed by atoms with Crippen LogP contribution in [0.2, 0.25) is 0 Å². The van der Waals surface area contributed by atoms with Crippen LogP contribution in [0.4, 0.5) is 10.5 Å². The Morgan fingerprint density at radius 2 is 1.79 bits per heavy atom. The molecule has 0 bridgehead atoms. The van der Waals surface area contributed by atoms with E-state index >= 15 is 0 Å². The van der Waals surface area contributed by atoms with Gasteiger partial charge in [0.2, 0.25) is 5.79 Å². The fourth-order valence-corrected chi connectivity index (χ4v) is 8.64. The highest BCUT2D eigenvalue weighted by Gasteiger charge is 2.65. The first-order valence-electron chi connectivity index (χ1n) is 20.0. The number of carbonyl (C=O) groups is 1. The van der Waals surface area contributed by atoms with Gasteiger partial charge in [-0.1, -0.05) is 42.3 Å². The van der Waals surface area contributed by atoms with Gasteiger partial charge < -0.3 is 43.8 Å². The van der Waals surface area contributed by atoms with Crippen LogP contribution in [-0.4, -0.2) is 109 Å². The lowest BCUT2D eigenvalue weighted by Crippen LogP contribution is -2.70. The lowest BCUT2D eigenvalue weighted by atomic mass is 9.55. The van der Waals surface area contributed by atoms with Crippen LogP contribution < -0.4 is 9.47 Å². The Hall–Kier alpha value is -4.80. The summed E-state index contributed by atoms with van der Waals surface area (Å²) in [6, 6.07) is 10.6. The summed E-state index contributed by atoms with van der Waals surface area (Å²) < 4.78 is 31.8. The summed E-state index contributed by atoms with van der Waals surface area (Å²) in [6.45, 7) is 8.03. The van der Waals surface area contributed by atoms with Gasteiger partial charge in [0.25, 0.3) is 5.69 Å². The molecule has 6 atom stereocenters. The summed E-state index contributed by atoms with van der Waals surface area (Å²) in [5.74, 6) is -1.21. The van der Waals surface area contributed by atoms with Crippen molar-refractivity contribution >= 4 is 17.5 Å². The van der Waals surface area contributed by atoms with Gasteiger partial charge >= 0.3 is 6.09 Å². The Morgan fingerprint density at radius 3 is 2.50 bits per heavy atom. The standard InChI is InChI=1S/C43H57N3O12/c1-4-6-23-55-42(50)45(18-24-54-25-21-49)39-29-37(44-53-3)35-26-30(12-7-9-19-47)34(15-8-10-20-48)40-36-28-33(57-32-14-11-13-31(27-32)46(51)52)16-17-38(36)58-43(39,41(35)40)56-22-5-2/h4-5,11,13-14,16-17,26-28,30,34,39-41,47-49H,1-2,6-10,12,15,18-25,29H2,3H3. The zero-order valence-corrected chi connectivity index (χ0v) is 33.2. The normalized spacial score (nSPS) is 23.8. The van der Waals surface area contributed by atoms with E-state index in [0.717, 1.165) is 36.8 Å². The van der Waals surface area contributed by atoms with E-state index in [1.165, 1.54) is 19.2 Å². The van der Waals surface area contributed by atoms with Crippen molar-refractivity contribution in [2.24, 2.45) is 22.9 Å². The van der Waals surface area contributed by atoms with Gasteiger partial charge in [0.15, 0.2) is 0 Å². The molecular weight excluding hydrogens is 750 g/mol. The number of ether oxygens (including phenoxy) is 5. The Morgan fingerprint density at radius 1 is 1.02 bits per heavy atom. The van der Waals surface area contributed by atoms with Gasteiger partial charge in [0.05, 0.1) is 55.7 Å². The molecule has 1 amide bonds. The Labute approximate surface area is 339 Å². The summed E-state index contributed by atoms with van der Waals surface area (Å²) in [5, 5.41) is 45.3. The maximum atomic E-state index is 14.2. The number of carbonyl (C=O) groups excluding carboxylic acids is 1. The monoisotopic (exact) mass is 807 g/mol. The summed E-state index contributed by atoms with van der Waals surface area (Å²) >= 11 is 0. The fourth-order valence-electron chi connectivity index (χ4n) is 8.64. The first kappa shape index (κ1) is 44.3. The lowest BCUT2D eigenvalue weighted by molar-refractivity contribution is -0.384. The maximum absolute atomic E-state index is 14.2. The van der Waals surface area contributed by atoms with Crippen LogP contribution in [0.1, 0.15) is 62.8 Å². The molecule has 0 radical (unpaired) electrons. The van der Waals surface area contributed by atoms with E-state index in [1.54, 1.807) is 41.3 Å². The minimum atomic E-state index is -1.52. The van der Waals surface area contributed by atoms with Gasteiger partial charge in [-0.25, -0.2) is 4.79 Å². The molecule has 0 saturated heterocycles. The molecule has 15 nitrogen and oxygen atoms in total. The second-order valence-corrected chi connectivity index (χ2v) is 14.5. The van der Waals surface area contributed by atoms with Gasteiger partial charge in [-0.05, 0) is 73.8 Å². The molecule has 1 aliphatic heterocycles. The number of nitrogens with zero attached hydrogens (tertiary/aromatic N) is 3. The molecule has 58 heavy (non-hydrogen) atoms. The number of unbranched alkanes of at least 4 members (excludes halogenated alkanes) is 2. The second-order valence-electron chi connectivity index (χ2n) is 14.5. The maximum Gasteiger partial charge on any atom is 0.410 e. The highest BCUT2D eigenvalue weighted by atomic mass is 16.7. The fraction of sp³-hybridized carbons (Fsp3) is 0.535. The van der Waals surface area contributed by atoms with Crippen LogP contribution in [0.3, 0.4) is 0 Å². The molecule has 3 N–H and O–H groups in total. The molecule has 1 heterocycles. The van der Waals surface area contributed by atoms with E-state index in [1.807, 2.05) is 6.07 Å². The number of amides is 1. The number of nitro benzene ring substituents is 1. The van der Waals surface area contributed by atoms with E-state index in [2.05, 4.69) is 24.4 Å². The predicted octanol–water partition coefficient (Wildman–Crippen LogP) is 6.67. The summed E-state index contributed by atoms with van der Waals surface area (Å²) in [5.41, 5.74) is 2.18. The van der Waals surface area contributed by atoms with E-state index in [9.17, 15) is 30.2 Å². The third kappa shape index (κ3) is 10.2. The Bertz CT molecular complexity index is 1770. The summed E-state index contributed by atoms with van der Waals surface area (Å²) in [7, 11) is 1.48. The Balaban J connectivity index is 1.74. The van der Waals surface area contributed by atoms with Gasteiger partial charge in [0, 0.05) is 43.7 Å². The smallest absolute Gasteiger partial charge is 0.410 e. The van der Waals surface area contributed by atoms with Crippen molar-refractivity contribution < 1.29 is 53.6 Å². The minimum absolute atomic E-state index is 0.0105. The average molecular weight is 808 g/mol. The van der Waals surface area contributed by atoms with Crippen molar-refractivity contribution in [1.29, 1.82) is 0 Å². The second kappa shape index (κ2) is 21.8. The summed E-state index contributed by atoms with van der Waals surface area (Å²) in [6.07, 6.45) is 9.75. The predicted molar refractivity (Wildman–Crippen MR) is 216 cm³/mol. The van der Waals surface area contributed by atoms with Crippen molar-refractivity contribution in [3.63, 3.8) is 0 Å². The number of aliphatic hydroxyl groups is 3. The molecule has 5 rings (SSSR count). The van der Waals surface area contributed by atoms with Crippen molar-refractivity contribution in [3.05, 3.63) is 95.1 Å². The van der Waals surface area contributed by atoms with Crippen molar-refractivity contribution in [2.75, 3.05) is 59.9 Å². The molecule has 2 aliphatic carbocycles. The highest BCUT2D eigenvalue weighted by molar-refractivity contribution is 6.03. The number of oxime groups is 1. The van der Waals surface area contributed by atoms with E-state index in [-0.39, 0.29) is 82.7 Å². The van der Waals surface area contributed by atoms with Crippen molar-refractivity contribution in [2.45, 2.75) is 69.1 Å². The van der Waals surface area contributed by atoms with Crippen LogP contribution >= 0.6 is 0 Å². The van der Waals surface area contributed by atoms with Crippen molar-refractivity contribution in [3.8, 4) is 17.2 Å². The number of hydrogen-bond donors (Lipinski definition) is 3. The van der Waals surface area contributed by atoms with Crippen molar-refractivity contribution in [1.82, 2.24) is 4.90 Å². The van der Waals surface area contributed by atoms with Gasteiger partial charge in [-0.15, -0.1) is 13.2 Å². The largest absolute Gasteiger partial charge is 0.459 e. The molecule has 0 spiro atoms. The number of non-ortho nitro benzene ring substituents is 1. The van der Waals surface area contributed by atoms with Crippen LogP contribution in [0.5, 0.6) is 17.2 Å². The quantitative estimate of drug-likeness (QED) is 0.0442. The number of allylic oxidation sites excluding steroid dienone is 1. The first-order valence-corrected chi connectivity index (χ1v) is 20.0. The molecule has 316 valence electrons. The minimum Gasteiger partial charge on any atom is -0.459 e. The number of fused-ring (bicyclic) bond motifs is 2. The third-order valence-corrected chi connectivity index (χ3v) is 11.0. The first-order chi connectivity index (χ1) is 28.3. The molecule has 1 saturated carbocycles. The molecule has 3 aliphatic rings. The molecule has 2 aromatic carbocycles. The zero-order chi connectivity index (χ0) is 41.5. The van der Waals surface area contributed by atoms with E-state index < -0.39 is 28.8 Å².